The number of amides is 1. The molecule has 1 rings (SSSR count). The molecule has 0 fully saturated rings. The van der Waals surface area contributed by atoms with Gasteiger partial charge in [-0.2, -0.15) is 0 Å². The van der Waals surface area contributed by atoms with Crippen LogP contribution in [0.5, 0.6) is 0 Å². The van der Waals surface area contributed by atoms with Gasteiger partial charge in [-0.1, -0.05) is 25.9 Å². The van der Waals surface area contributed by atoms with E-state index in [-0.39, 0.29) is 23.7 Å². The van der Waals surface area contributed by atoms with Crippen molar-refractivity contribution in [3.63, 3.8) is 0 Å². The first kappa shape index (κ1) is 15.0. The molecule has 0 spiro atoms. The molecule has 1 amide bonds. The fraction of sp³-hybridized carbons (Fsp3) is 0.583. The van der Waals surface area contributed by atoms with E-state index in [1.54, 1.807) is 12.4 Å². The second-order valence-electron chi connectivity index (χ2n) is 4.69. The van der Waals surface area contributed by atoms with Crippen molar-refractivity contribution in [2.24, 2.45) is 22.7 Å². The van der Waals surface area contributed by atoms with Crippen LogP contribution in [-0.4, -0.2) is 26.9 Å². The fourth-order valence-corrected chi connectivity index (χ4v) is 1.93. The normalized spacial score (nSPS) is 15.3. The highest BCUT2D eigenvalue weighted by molar-refractivity contribution is 6.02. The van der Waals surface area contributed by atoms with E-state index in [1.807, 2.05) is 20.8 Å². The Morgan fingerprint density at radius 1 is 1.63 bits per heavy atom. The monoisotopic (exact) mass is 267 g/mol. The van der Waals surface area contributed by atoms with Gasteiger partial charge in [-0.3, -0.25) is 4.79 Å². The zero-order valence-corrected chi connectivity index (χ0v) is 11.4. The Bertz CT molecular complexity index is 427. The maximum Gasteiger partial charge on any atom is 0.231 e. The molecular weight excluding hydrogens is 246 g/mol. The molecule has 0 aliphatic rings. The van der Waals surface area contributed by atoms with Crippen LogP contribution in [-0.2, 0) is 4.79 Å². The second kappa shape index (κ2) is 6.77. The Hall–Kier alpha value is -2.05. The summed E-state index contributed by atoms with van der Waals surface area (Å²) in [6.45, 7) is 5.63. The third-order valence-electron chi connectivity index (χ3n) is 2.96. The summed E-state index contributed by atoms with van der Waals surface area (Å²) in [6, 6.07) is -0.213. The Labute approximate surface area is 112 Å². The summed E-state index contributed by atoms with van der Waals surface area (Å²) < 4.78 is 0. The predicted molar refractivity (Wildman–Crippen MR) is 71.5 cm³/mol. The van der Waals surface area contributed by atoms with Gasteiger partial charge in [0.1, 0.15) is 11.7 Å². The average molecular weight is 267 g/mol. The van der Waals surface area contributed by atoms with Crippen LogP contribution in [0.4, 0.5) is 0 Å². The van der Waals surface area contributed by atoms with Gasteiger partial charge in [-0.05, 0) is 12.3 Å². The molecule has 7 nitrogen and oxygen atoms in total. The number of carbonyl (C=O) groups is 1. The average Bonchev–Trinajstić information content (AvgIpc) is 2.89. The highest BCUT2D eigenvalue weighted by Crippen LogP contribution is 2.16. The van der Waals surface area contributed by atoms with E-state index in [1.165, 1.54) is 0 Å². The molecule has 0 saturated heterocycles. The summed E-state index contributed by atoms with van der Waals surface area (Å²) >= 11 is 0. The first-order valence-corrected chi connectivity index (χ1v) is 6.28. The number of nitrogens with two attached hydrogens (primary N) is 1. The summed E-state index contributed by atoms with van der Waals surface area (Å²) in [4.78, 5) is 19.3. The molecule has 0 saturated carbocycles. The number of hydrogen-bond acceptors (Lipinski definition) is 4. The van der Waals surface area contributed by atoms with Crippen LogP contribution in [0.25, 0.3) is 0 Å². The maximum absolute atomic E-state index is 12.2. The lowest BCUT2D eigenvalue weighted by molar-refractivity contribution is -0.125. The van der Waals surface area contributed by atoms with E-state index in [0.29, 0.717) is 12.2 Å². The lowest BCUT2D eigenvalue weighted by Crippen LogP contribution is -2.43. The molecule has 1 aromatic rings. The van der Waals surface area contributed by atoms with Crippen molar-refractivity contribution < 1.29 is 10.0 Å². The van der Waals surface area contributed by atoms with Gasteiger partial charge in [0.25, 0.3) is 0 Å². The number of carbonyl (C=O) groups excluding carboxylic acids is 1. The number of hydrogen-bond donors (Lipinski definition) is 4. The molecule has 19 heavy (non-hydrogen) atoms. The van der Waals surface area contributed by atoms with Crippen LogP contribution in [0.1, 0.15) is 39.1 Å². The number of aromatic amines is 1. The van der Waals surface area contributed by atoms with Crippen LogP contribution in [0.15, 0.2) is 17.5 Å². The van der Waals surface area contributed by atoms with E-state index in [2.05, 4.69) is 20.4 Å². The Morgan fingerprint density at radius 3 is 2.74 bits per heavy atom. The SMILES string of the molecule is CCC(NC(=O)C(/C(N)=N/O)C(C)C)c1ncc[nH]1. The molecule has 0 aliphatic carbocycles. The van der Waals surface area contributed by atoms with Gasteiger partial charge in [0, 0.05) is 12.4 Å². The molecular formula is C12H21N5O2. The van der Waals surface area contributed by atoms with Crippen LogP contribution in [0.3, 0.4) is 0 Å². The Balaban J connectivity index is 2.81. The lowest BCUT2D eigenvalue weighted by Gasteiger charge is -2.22. The topological polar surface area (TPSA) is 116 Å². The molecule has 1 heterocycles. The number of oxime groups is 1. The minimum atomic E-state index is -0.658. The van der Waals surface area contributed by atoms with Crippen molar-refractivity contribution in [3.05, 3.63) is 18.2 Å². The van der Waals surface area contributed by atoms with Crippen molar-refractivity contribution >= 4 is 11.7 Å². The Morgan fingerprint density at radius 2 is 2.32 bits per heavy atom. The maximum atomic E-state index is 12.2. The molecule has 7 heteroatoms. The lowest BCUT2D eigenvalue weighted by atomic mass is 9.93. The highest BCUT2D eigenvalue weighted by atomic mass is 16.4. The zero-order valence-electron chi connectivity index (χ0n) is 11.4. The molecule has 0 aliphatic heterocycles. The molecule has 0 radical (unpaired) electrons. The van der Waals surface area contributed by atoms with Crippen LogP contribution < -0.4 is 11.1 Å². The van der Waals surface area contributed by atoms with Gasteiger partial charge < -0.3 is 21.2 Å². The number of rotatable bonds is 6. The van der Waals surface area contributed by atoms with Crippen molar-refractivity contribution in [2.45, 2.75) is 33.2 Å². The van der Waals surface area contributed by atoms with Crippen LogP contribution >= 0.6 is 0 Å². The molecule has 2 atom stereocenters. The molecule has 0 aromatic carbocycles. The summed E-state index contributed by atoms with van der Waals surface area (Å²) in [5.74, 6) is -0.382. The number of H-pyrrole nitrogens is 1. The Kier molecular flexibility index (Phi) is 5.35. The summed E-state index contributed by atoms with van der Waals surface area (Å²) in [5.41, 5.74) is 5.57. The summed E-state index contributed by atoms with van der Waals surface area (Å²) in [5, 5.41) is 14.5. The van der Waals surface area contributed by atoms with Gasteiger partial charge in [0.2, 0.25) is 5.91 Å². The van der Waals surface area contributed by atoms with Crippen LogP contribution in [0.2, 0.25) is 0 Å². The van der Waals surface area contributed by atoms with E-state index in [9.17, 15) is 4.79 Å². The van der Waals surface area contributed by atoms with E-state index in [0.717, 1.165) is 0 Å². The number of imidazole rings is 1. The van der Waals surface area contributed by atoms with Gasteiger partial charge in [0.05, 0.1) is 6.04 Å². The van der Waals surface area contributed by atoms with Gasteiger partial charge in [-0.15, -0.1) is 0 Å². The van der Waals surface area contributed by atoms with E-state index < -0.39 is 5.92 Å². The van der Waals surface area contributed by atoms with Crippen molar-refractivity contribution in [3.8, 4) is 0 Å². The molecule has 5 N–H and O–H groups in total. The summed E-state index contributed by atoms with van der Waals surface area (Å²) in [6.07, 6.45) is 4.03. The van der Waals surface area contributed by atoms with Crippen molar-refractivity contribution in [1.82, 2.24) is 15.3 Å². The number of aromatic nitrogens is 2. The highest BCUT2D eigenvalue weighted by Gasteiger charge is 2.28. The smallest absolute Gasteiger partial charge is 0.231 e. The van der Waals surface area contributed by atoms with Gasteiger partial charge in [0.15, 0.2) is 5.84 Å². The third kappa shape index (κ3) is 3.70. The third-order valence-corrected chi connectivity index (χ3v) is 2.96. The minimum absolute atomic E-state index is 0.0648. The number of nitrogens with zero attached hydrogens (tertiary/aromatic N) is 2. The predicted octanol–water partition coefficient (Wildman–Crippen LogP) is 0.996. The van der Waals surface area contributed by atoms with Crippen LogP contribution in [0, 0.1) is 11.8 Å². The zero-order chi connectivity index (χ0) is 14.4. The quantitative estimate of drug-likeness (QED) is 0.266. The van der Waals surface area contributed by atoms with Gasteiger partial charge >= 0.3 is 0 Å². The van der Waals surface area contributed by atoms with Crippen molar-refractivity contribution in [1.29, 1.82) is 0 Å². The standard InChI is InChI=1S/C12H21N5O2/c1-4-8(11-14-5-6-15-11)16-12(18)9(7(2)3)10(13)17-19/h5-9,19H,4H2,1-3H3,(H2,13,17)(H,14,15)(H,16,18). The number of amidine groups is 1. The number of nitrogens with one attached hydrogen (secondary N) is 2. The first-order chi connectivity index (χ1) is 9.01. The van der Waals surface area contributed by atoms with E-state index >= 15 is 0 Å². The fourth-order valence-electron chi connectivity index (χ4n) is 1.93. The molecule has 1 aromatic heterocycles. The molecule has 0 bridgehead atoms. The minimum Gasteiger partial charge on any atom is -0.409 e. The molecule has 2 unspecified atom stereocenters. The second-order valence-corrected chi connectivity index (χ2v) is 4.69. The van der Waals surface area contributed by atoms with Crippen molar-refractivity contribution in [2.75, 3.05) is 0 Å². The largest absolute Gasteiger partial charge is 0.409 e. The molecule has 106 valence electrons. The van der Waals surface area contributed by atoms with E-state index in [4.69, 9.17) is 10.9 Å². The van der Waals surface area contributed by atoms with Gasteiger partial charge in [-0.25, -0.2) is 4.98 Å². The first-order valence-electron chi connectivity index (χ1n) is 6.28. The summed E-state index contributed by atoms with van der Waals surface area (Å²) in [7, 11) is 0.